The molecule has 0 bridgehead atoms. The van der Waals surface area contributed by atoms with Crippen LogP contribution in [-0.2, 0) is 6.54 Å². The monoisotopic (exact) mass is 373 g/mol. The molecule has 0 saturated heterocycles. The van der Waals surface area contributed by atoms with Crippen LogP contribution >= 0.6 is 11.6 Å². The van der Waals surface area contributed by atoms with Crippen LogP contribution in [0.1, 0.15) is 30.3 Å². The Bertz CT molecular complexity index is 1220. The van der Waals surface area contributed by atoms with E-state index >= 15 is 0 Å². The average Bonchev–Trinajstić information content (AvgIpc) is 3.46. The second kappa shape index (κ2) is 6.26. The van der Waals surface area contributed by atoms with Gasteiger partial charge in [0, 0.05) is 16.5 Å². The molecule has 27 heavy (non-hydrogen) atoms. The Hall–Kier alpha value is -3.10. The van der Waals surface area contributed by atoms with E-state index in [0.29, 0.717) is 29.0 Å². The molecule has 5 rings (SSSR count). The first-order chi connectivity index (χ1) is 13.2. The van der Waals surface area contributed by atoms with Crippen LogP contribution in [-0.4, -0.2) is 14.5 Å². The maximum atomic E-state index is 9.49. The summed E-state index contributed by atoms with van der Waals surface area (Å²) < 4.78 is 2.33. The molecular formula is C21H16ClN5. The molecule has 2 heterocycles. The predicted molar refractivity (Wildman–Crippen MR) is 107 cm³/mol. The number of anilines is 1. The maximum absolute atomic E-state index is 9.49. The molecule has 1 aliphatic carbocycles. The van der Waals surface area contributed by atoms with Crippen molar-refractivity contribution in [3.8, 4) is 6.07 Å². The molecule has 4 aromatic rings. The van der Waals surface area contributed by atoms with Gasteiger partial charge in [0.1, 0.15) is 11.6 Å². The van der Waals surface area contributed by atoms with Gasteiger partial charge in [-0.05, 0) is 49.2 Å². The summed E-state index contributed by atoms with van der Waals surface area (Å²) in [5, 5.41) is 14.2. The van der Waals surface area contributed by atoms with Gasteiger partial charge in [0.15, 0.2) is 0 Å². The number of nitriles is 1. The number of pyridine rings is 1. The molecule has 0 aliphatic heterocycles. The molecule has 1 fully saturated rings. The lowest BCUT2D eigenvalue weighted by molar-refractivity contribution is 0.710. The summed E-state index contributed by atoms with van der Waals surface area (Å²) in [5.74, 6) is 1.66. The number of imidazole rings is 1. The average molecular weight is 374 g/mol. The van der Waals surface area contributed by atoms with E-state index in [0.717, 1.165) is 22.2 Å². The summed E-state index contributed by atoms with van der Waals surface area (Å²) >= 11 is 6.06. The molecule has 5 nitrogen and oxygen atoms in total. The third-order valence-corrected chi connectivity index (χ3v) is 5.13. The SMILES string of the molecule is N#Cc1cc(NCc2nc3ccccc3n2C2CC2)nc2ccc(Cl)cc12. The maximum Gasteiger partial charge on any atom is 0.129 e. The lowest BCUT2D eigenvalue weighted by Gasteiger charge is -2.10. The third-order valence-electron chi connectivity index (χ3n) is 4.90. The second-order valence-corrected chi connectivity index (χ2v) is 7.24. The molecule has 1 aliphatic rings. The molecule has 1 saturated carbocycles. The normalized spacial score (nSPS) is 13.8. The number of nitrogens with zero attached hydrogens (tertiary/aromatic N) is 4. The van der Waals surface area contributed by atoms with E-state index in [9.17, 15) is 5.26 Å². The van der Waals surface area contributed by atoms with Gasteiger partial charge in [-0.2, -0.15) is 5.26 Å². The zero-order chi connectivity index (χ0) is 18.4. The van der Waals surface area contributed by atoms with Gasteiger partial charge in [0.05, 0.1) is 34.7 Å². The van der Waals surface area contributed by atoms with Gasteiger partial charge in [-0.25, -0.2) is 9.97 Å². The van der Waals surface area contributed by atoms with Crippen LogP contribution in [0.4, 0.5) is 5.82 Å². The quantitative estimate of drug-likeness (QED) is 0.543. The number of aromatic nitrogens is 3. The lowest BCUT2D eigenvalue weighted by atomic mass is 10.1. The van der Waals surface area contributed by atoms with Crippen molar-refractivity contribution in [3.05, 3.63) is 64.9 Å². The highest BCUT2D eigenvalue weighted by atomic mass is 35.5. The van der Waals surface area contributed by atoms with E-state index in [1.807, 2.05) is 18.2 Å². The minimum absolute atomic E-state index is 0.538. The Balaban J connectivity index is 1.50. The summed E-state index contributed by atoms with van der Waals surface area (Å²) in [5.41, 5.74) is 3.49. The van der Waals surface area contributed by atoms with Gasteiger partial charge in [-0.1, -0.05) is 23.7 Å². The molecule has 6 heteroatoms. The highest BCUT2D eigenvalue weighted by molar-refractivity contribution is 6.31. The summed E-state index contributed by atoms with van der Waals surface area (Å²) in [6.45, 7) is 0.558. The van der Waals surface area contributed by atoms with Gasteiger partial charge in [-0.3, -0.25) is 0 Å². The van der Waals surface area contributed by atoms with Gasteiger partial charge >= 0.3 is 0 Å². The zero-order valence-corrected chi connectivity index (χ0v) is 15.2. The molecule has 0 spiro atoms. The summed E-state index contributed by atoms with van der Waals surface area (Å²) in [7, 11) is 0. The zero-order valence-electron chi connectivity index (χ0n) is 14.5. The number of nitrogens with one attached hydrogen (secondary N) is 1. The van der Waals surface area contributed by atoms with E-state index < -0.39 is 0 Å². The number of hydrogen-bond acceptors (Lipinski definition) is 4. The fourth-order valence-electron chi connectivity index (χ4n) is 3.51. The number of benzene rings is 2. The van der Waals surface area contributed by atoms with Crippen LogP contribution in [0.15, 0.2) is 48.5 Å². The van der Waals surface area contributed by atoms with Crippen LogP contribution in [0.5, 0.6) is 0 Å². The van der Waals surface area contributed by atoms with Crippen molar-refractivity contribution in [2.24, 2.45) is 0 Å². The largest absolute Gasteiger partial charge is 0.363 e. The standard InChI is InChI=1S/C21H16ClN5/c22-14-5-8-17-16(10-14)13(11-23)9-20(25-17)24-12-21-26-18-3-1-2-4-19(18)27(21)15-6-7-15/h1-5,8-10,15H,6-7,12H2,(H,24,25). The van der Waals surface area contributed by atoms with E-state index in [4.69, 9.17) is 16.6 Å². The van der Waals surface area contributed by atoms with Gasteiger partial charge < -0.3 is 9.88 Å². The van der Waals surface area contributed by atoms with Crippen molar-refractivity contribution >= 4 is 39.4 Å². The fraction of sp³-hybridized carbons (Fsp3) is 0.190. The van der Waals surface area contributed by atoms with Crippen molar-refractivity contribution in [1.29, 1.82) is 5.26 Å². The molecule has 1 N–H and O–H groups in total. The number of hydrogen-bond donors (Lipinski definition) is 1. The molecule has 132 valence electrons. The number of para-hydroxylation sites is 2. The Labute approximate surface area is 161 Å². The van der Waals surface area contributed by atoms with Crippen molar-refractivity contribution in [1.82, 2.24) is 14.5 Å². The van der Waals surface area contributed by atoms with E-state index in [2.05, 4.69) is 33.1 Å². The predicted octanol–water partition coefficient (Wildman–Crippen LogP) is 5.06. The summed E-state index contributed by atoms with van der Waals surface area (Å²) in [6, 6.07) is 18.2. The Morgan fingerprint density at radius 1 is 1.11 bits per heavy atom. The molecule has 0 unspecified atom stereocenters. The summed E-state index contributed by atoms with van der Waals surface area (Å²) in [4.78, 5) is 9.42. The first-order valence-corrected chi connectivity index (χ1v) is 9.31. The highest BCUT2D eigenvalue weighted by Gasteiger charge is 2.27. The molecule has 0 radical (unpaired) electrons. The highest BCUT2D eigenvalue weighted by Crippen LogP contribution is 2.38. The number of rotatable bonds is 4. The first-order valence-electron chi connectivity index (χ1n) is 8.93. The number of fused-ring (bicyclic) bond motifs is 2. The van der Waals surface area contributed by atoms with Crippen LogP contribution in [0.3, 0.4) is 0 Å². The van der Waals surface area contributed by atoms with E-state index in [1.54, 1.807) is 18.2 Å². The van der Waals surface area contributed by atoms with Crippen LogP contribution in [0.2, 0.25) is 5.02 Å². The Kier molecular flexibility index (Phi) is 3.73. The Morgan fingerprint density at radius 2 is 1.96 bits per heavy atom. The third kappa shape index (κ3) is 2.88. The molecule has 0 atom stereocenters. The van der Waals surface area contributed by atoms with Crippen molar-refractivity contribution in [3.63, 3.8) is 0 Å². The van der Waals surface area contributed by atoms with Crippen LogP contribution in [0, 0.1) is 11.3 Å². The fourth-order valence-corrected chi connectivity index (χ4v) is 3.68. The Morgan fingerprint density at radius 3 is 2.78 bits per heavy atom. The van der Waals surface area contributed by atoms with Gasteiger partial charge in [0.2, 0.25) is 0 Å². The topological polar surface area (TPSA) is 66.5 Å². The van der Waals surface area contributed by atoms with Crippen LogP contribution < -0.4 is 5.32 Å². The van der Waals surface area contributed by atoms with Crippen molar-refractivity contribution in [2.75, 3.05) is 5.32 Å². The molecule has 0 amide bonds. The minimum atomic E-state index is 0.538. The smallest absolute Gasteiger partial charge is 0.129 e. The van der Waals surface area contributed by atoms with E-state index in [1.165, 1.54) is 18.4 Å². The first kappa shape index (κ1) is 16.1. The van der Waals surface area contributed by atoms with Crippen molar-refractivity contribution in [2.45, 2.75) is 25.4 Å². The lowest BCUT2D eigenvalue weighted by Crippen LogP contribution is -2.09. The molecular weight excluding hydrogens is 358 g/mol. The summed E-state index contributed by atoms with van der Waals surface area (Å²) in [6.07, 6.45) is 2.39. The molecule has 2 aromatic heterocycles. The van der Waals surface area contributed by atoms with Gasteiger partial charge in [-0.15, -0.1) is 0 Å². The van der Waals surface area contributed by atoms with Gasteiger partial charge in [0.25, 0.3) is 0 Å². The van der Waals surface area contributed by atoms with Crippen LogP contribution in [0.25, 0.3) is 21.9 Å². The van der Waals surface area contributed by atoms with E-state index in [-0.39, 0.29) is 0 Å². The second-order valence-electron chi connectivity index (χ2n) is 6.80. The minimum Gasteiger partial charge on any atom is -0.363 e. The number of halogens is 1. The molecule has 2 aromatic carbocycles. The van der Waals surface area contributed by atoms with Crippen molar-refractivity contribution < 1.29 is 0 Å².